The zero-order chi connectivity index (χ0) is 15.8. The van der Waals surface area contributed by atoms with Crippen LogP contribution in [0.4, 0.5) is 5.82 Å². The molecule has 4 heterocycles. The van der Waals surface area contributed by atoms with Crippen LogP contribution in [-0.4, -0.2) is 55.5 Å². The summed E-state index contributed by atoms with van der Waals surface area (Å²) in [7, 11) is 0. The molecule has 3 aromatic rings. The van der Waals surface area contributed by atoms with Crippen molar-refractivity contribution in [1.82, 2.24) is 29.9 Å². The number of nitrogens with zero attached hydrogens (tertiary/aromatic N) is 7. The summed E-state index contributed by atoms with van der Waals surface area (Å²) in [5, 5.41) is 16.4. The lowest BCUT2D eigenvalue weighted by Gasteiger charge is -2.40. The second-order valence-corrected chi connectivity index (χ2v) is 6.04. The monoisotopic (exact) mass is 313 g/mol. The van der Waals surface area contributed by atoms with E-state index in [-0.39, 0.29) is 0 Å². The van der Waals surface area contributed by atoms with Gasteiger partial charge >= 0.3 is 0 Å². The molecule has 8 heteroatoms. The Balaban J connectivity index is 1.46. The van der Waals surface area contributed by atoms with E-state index in [0.29, 0.717) is 6.04 Å². The molecule has 0 aliphatic carbocycles. The molecule has 0 unspecified atom stereocenters. The van der Waals surface area contributed by atoms with Gasteiger partial charge in [0.05, 0.1) is 12.2 Å². The van der Waals surface area contributed by atoms with Crippen LogP contribution in [0.1, 0.15) is 18.4 Å². The largest absolute Gasteiger partial charge is 0.360 e. The summed E-state index contributed by atoms with van der Waals surface area (Å²) in [6.45, 7) is 7.82. The zero-order valence-electron chi connectivity index (χ0n) is 13.3. The molecule has 3 aromatic heterocycles. The Morgan fingerprint density at radius 3 is 3.00 bits per heavy atom. The fourth-order valence-corrected chi connectivity index (χ4v) is 3.10. The van der Waals surface area contributed by atoms with Crippen LogP contribution in [0.15, 0.2) is 29.0 Å². The predicted octanol–water partition coefficient (Wildman–Crippen LogP) is 1.13. The van der Waals surface area contributed by atoms with Crippen LogP contribution in [0.25, 0.3) is 5.65 Å². The summed E-state index contributed by atoms with van der Waals surface area (Å²) in [6, 6.07) is 6.33. The van der Waals surface area contributed by atoms with Crippen LogP contribution in [-0.2, 0) is 6.54 Å². The van der Waals surface area contributed by atoms with Gasteiger partial charge in [0.25, 0.3) is 0 Å². The van der Waals surface area contributed by atoms with Crippen molar-refractivity contribution in [2.24, 2.45) is 0 Å². The lowest BCUT2D eigenvalue weighted by Crippen LogP contribution is -2.52. The van der Waals surface area contributed by atoms with Crippen molar-refractivity contribution in [3.05, 3.63) is 36.0 Å². The van der Waals surface area contributed by atoms with Crippen molar-refractivity contribution >= 4 is 11.5 Å². The van der Waals surface area contributed by atoms with Gasteiger partial charge in [-0.1, -0.05) is 5.16 Å². The lowest BCUT2D eigenvalue weighted by atomic mass is 10.2. The highest BCUT2D eigenvalue weighted by Gasteiger charge is 2.25. The molecule has 0 saturated carbocycles. The number of hydrogen-bond acceptors (Lipinski definition) is 7. The topological polar surface area (TPSA) is 75.6 Å². The van der Waals surface area contributed by atoms with E-state index in [2.05, 4.69) is 37.2 Å². The molecule has 1 aliphatic heterocycles. The second-order valence-electron chi connectivity index (χ2n) is 6.04. The van der Waals surface area contributed by atoms with E-state index in [9.17, 15) is 0 Å². The van der Waals surface area contributed by atoms with Gasteiger partial charge in [-0.2, -0.15) is 4.52 Å². The molecule has 0 aromatic carbocycles. The van der Waals surface area contributed by atoms with Crippen LogP contribution in [0.2, 0.25) is 0 Å². The van der Waals surface area contributed by atoms with Gasteiger partial charge in [-0.15, -0.1) is 15.3 Å². The van der Waals surface area contributed by atoms with Crippen molar-refractivity contribution in [3.8, 4) is 0 Å². The third-order valence-electron chi connectivity index (χ3n) is 4.21. The third kappa shape index (κ3) is 2.77. The summed E-state index contributed by atoms with van der Waals surface area (Å²) >= 11 is 0. The van der Waals surface area contributed by atoms with Gasteiger partial charge in [0, 0.05) is 31.7 Å². The molecule has 1 aliphatic rings. The Hall–Kier alpha value is -2.48. The SMILES string of the molecule is Cc1cc(CN2CCN(c3ccc4nncn4n3)[C@@H](C)C2)on1. The minimum absolute atomic E-state index is 0.370. The van der Waals surface area contributed by atoms with Gasteiger partial charge in [-0.25, -0.2) is 0 Å². The summed E-state index contributed by atoms with van der Waals surface area (Å²) < 4.78 is 7.03. The number of rotatable bonds is 3. The first-order valence-electron chi connectivity index (χ1n) is 7.77. The number of fused-ring (bicyclic) bond motifs is 1. The first-order chi connectivity index (χ1) is 11.2. The molecular formula is C15H19N7O. The van der Waals surface area contributed by atoms with Crippen molar-refractivity contribution < 1.29 is 4.52 Å². The molecule has 0 radical (unpaired) electrons. The third-order valence-corrected chi connectivity index (χ3v) is 4.21. The Morgan fingerprint density at radius 2 is 2.22 bits per heavy atom. The molecule has 8 nitrogen and oxygen atoms in total. The predicted molar refractivity (Wildman–Crippen MR) is 84.1 cm³/mol. The van der Waals surface area contributed by atoms with Crippen LogP contribution in [0.3, 0.4) is 0 Å². The fraction of sp³-hybridized carbons (Fsp3) is 0.467. The maximum Gasteiger partial charge on any atom is 0.177 e. The van der Waals surface area contributed by atoms with E-state index in [1.807, 2.05) is 25.1 Å². The number of aromatic nitrogens is 5. The average molecular weight is 313 g/mol. The molecule has 1 saturated heterocycles. The fourth-order valence-electron chi connectivity index (χ4n) is 3.10. The minimum Gasteiger partial charge on any atom is -0.360 e. The van der Waals surface area contributed by atoms with Crippen molar-refractivity contribution in [2.45, 2.75) is 26.4 Å². The van der Waals surface area contributed by atoms with Crippen LogP contribution in [0, 0.1) is 6.92 Å². The Labute approximate surface area is 133 Å². The summed E-state index contributed by atoms with van der Waals surface area (Å²) in [6.07, 6.45) is 1.63. The molecule has 0 bridgehead atoms. The first-order valence-corrected chi connectivity index (χ1v) is 7.77. The Kier molecular flexibility index (Phi) is 3.45. The molecular weight excluding hydrogens is 294 g/mol. The zero-order valence-corrected chi connectivity index (χ0v) is 13.3. The van der Waals surface area contributed by atoms with Gasteiger partial charge in [0.15, 0.2) is 11.4 Å². The van der Waals surface area contributed by atoms with Crippen molar-refractivity contribution in [2.75, 3.05) is 24.5 Å². The lowest BCUT2D eigenvalue weighted by molar-refractivity contribution is 0.196. The minimum atomic E-state index is 0.370. The first kappa shape index (κ1) is 14.1. The maximum absolute atomic E-state index is 5.32. The highest BCUT2D eigenvalue weighted by molar-refractivity contribution is 5.46. The molecule has 0 amide bonds. The van der Waals surface area contributed by atoms with Gasteiger partial charge in [0.2, 0.25) is 0 Å². The maximum atomic E-state index is 5.32. The van der Waals surface area contributed by atoms with E-state index in [1.165, 1.54) is 0 Å². The Morgan fingerprint density at radius 1 is 1.30 bits per heavy atom. The van der Waals surface area contributed by atoms with Crippen LogP contribution in [0.5, 0.6) is 0 Å². The van der Waals surface area contributed by atoms with Crippen LogP contribution >= 0.6 is 0 Å². The summed E-state index contributed by atoms with van der Waals surface area (Å²) in [4.78, 5) is 4.71. The van der Waals surface area contributed by atoms with Gasteiger partial charge in [-0.3, -0.25) is 4.90 Å². The molecule has 1 atom stereocenters. The van der Waals surface area contributed by atoms with Crippen molar-refractivity contribution in [3.63, 3.8) is 0 Å². The average Bonchev–Trinajstić information content (AvgIpc) is 3.15. The second kappa shape index (κ2) is 5.62. The number of aryl methyl sites for hydroxylation is 1. The van der Waals surface area contributed by atoms with Crippen LogP contribution < -0.4 is 4.90 Å². The smallest absolute Gasteiger partial charge is 0.177 e. The standard InChI is InChI=1S/C15H19N7O/c1-11-7-13(23-19-11)9-20-5-6-21(12(2)8-20)15-4-3-14-17-16-10-22(14)18-15/h3-4,7,10,12H,5-6,8-9H2,1-2H3/t12-/m0/s1. The van der Waals surface area contributed by atoms with E-state index >= 15 is 0 Å². The Bertz CT molecular complexity index is 811. The van der Waals surface area contributed by atoms with E-state index in [1.54, 1.807) is 10.8 Å². The molecule has 23 heavy (non-hydrogen) atoms. The molecule has 1 fully saturated rings. The normalized spacial score (nSPS) is 19.6. The quantitative estimate of drug-likeness (QED) is 0.717. The van der Waals surface area contributed by atoms with E-state index in [0.717, 1.165) is 49.1 Å². The summed E-state index contributed by atoms with van der Waals surface area (Å²) in [5.41, 5.74) is 1.69. The van der Waals surface area contributed by atoms with E-state index in [4.69, 9.17) is 4.52 Å². The highest BCUT2D eigenvalue weighted by atomic mass is 16.5. The molecule has 0 spiro atoms. The molecule has 120 valence electrons. The highest BCUT2D eigenvalue weighted by Crippen LogP contribution is 2.19. The molecule has 4 rings (SSSR count). The van der Waals surface area contributed by atoms with Gasteiger partial charge < -0.3 is 9.42 Å². The van der Waals surface area contributed by atoms with E-state index < -0.39 is 0 Å². The number of piperazine rings is 1. The molecule has 0 N–H and O–H groups in total. The summed E-state index contributed by atoms with van der Waals surface area (Å²) in [5.74, 6) is 1.88. The number of anilines is 1. The number of hydrogen-bond donors (Lipinski definition) is 0. The van der Waals surface area contributed by atoms with Gasteiger partial charge in [0.1, 0.15) is 12.1 Å². The van der Waals surface area contributed by atoms with Gasteiger partial charge in [-0.05, 0) is 26.0 Å². The van der Waals surface area contributed by atoms with Crippen molar-refractivity contribution in [1.29, 1.82) is 0 Å².